The molecule has 33 heteroatoms. The van der Waals surface area contributed by atoms with Crippen molar-refractivity contribution in [1.82, 2.24) is 45.2 Å². The zero-order valence-electron chi connectivity index (χ0n) is 57.5. The van der Waals surface area contributed by atoms with Crippen molar-refractivity contribution in [2.75, 3.05) is 89.5 Å². The number of carboxylic acid groups (broad SMARTS) is 1. The van der Waals surface area contributed by atoms with Crippen molar-refractivity contribution in [1.29, 1.82) is 0 Å². The Balaban J connectivity index is 0.000000188. The van der Waals surface area contributed by atoms with Crippen LogP contribution in [0, 0.1) is 23.3 Å². The summed E-state index contributed by atoms with van der Waals surface area (Å²) in [5.74, 6) is -3.81. The van der Waals surface area contributed by atoms with Crippen LogP contribution in [-0.2, 0) is 34.1 Å². The molecule has 0 aliphatic carbocycles. The van der Waals surface area contributed by atoms with E-state index < -0.39 is 64.8 Å². The first kappa shape index (κ1) is 74.1. The number of carboxylic acids is 1. The van der Waals surface area contributed by atoms with Crippen molar-refractivity contribution in [3.8, 4) is 28.5 Å². The topological polar surface area (TPSA) is 266 Å². The number of halogens is 6. The summed E-state index contributed by atoms with van der Waals surface area (Å²) in [5, 5.41) is 23.6. The van der Waals surface area contributed by atoms with Gasteiger partial charge in [0.2, 0.25) is 0 Å². The molecule has 9 heterocycles. The Bertz CT molecular complexity index is 4890. The number of amidine groups is 2. The number of carbonyl (C=O) groups excluding carboxylic acids is 5. The van der Waals surface area contributed by atoms with Gasteiger partial charge < -0.3 is 44.5 Å². The smallest absolute Gasteiger partial charge is 0.338 e. The molecule has 0 radical (unpaired) electrons. The molecular formula is C73H67Cl2F4N13O11S3. The number of urea groups is 2. The highest BCUT2D eigenvalue weighted by atomic mass is 35.5. The van der Waals surface area contributed by atoms with Crippen molar-refractivity contribution in [3.63, 3.8) is 0 Å². The number of carbonyl (C=O) groups is 6. The van der Waals surface area contributed by atoms with Crippen molar-refractivity contribution < 1.29 is 70.4 Å². The zero-order valence-corrected chi connectivity index (χ0v) is 61.5. The van der Waals surface area contributed by atoms with Gasteiger partial charge in [-0.2, -0.15) is 0 Å². The van der Waals surface area contributed by atoms with E-state index in [1.807, 2.05) is 27.8 Å². The summed E-state index contributed by atoms with van der Waals surface area (Å²) in [6.07, 6.45) is 2.76. The number of hydrogen-bond acceptors (Lipinski definition) is 22. The molecule has 0 bridgehead atoms. The van der Waals surface area contributed by atoms with Gasteiger partial charge in [0.15, 0.2) is 56.1 Å². The molecule has 4 saturated heterocycles. The van der Waals surface area contributed by atoms with Gasteiger partial charge >= 0.3 is 30.0 Å². The minimum Gasteiger partial charge on any atom is -0.483 e. The standard InChI is InChI=1S/C38H34ClF3N6O6S.C35H33ClFN7O5S2/c1-38(2,36(50)51)20-4-9-30(27(42)14-20)54-23-6-8-29(26(41)16-23)48-18-22-17-46(11-12-47(22)37(48)52)19-28-31(35(49)53-3)32(24-7-5-21(40)15-25(24)39)45-33(44-28)34-43-10-13-55-34;1-19(45)20(2)49-24-7-4-21(5-8-24)28-18-51-34(40-28)44-16-23-15-42(11-12-43(23)35(44)47)17-27-29(33(46)48-3)30(25-9-6-22(37)14-26(25)36)41-31(39-27)32-38-10-13-50-32/h4-10,13-16,22,32H,11-12,17-19H2,1-3H3,(H,44,45)(H,50,51);4-10,13-14,18,20,23,30H,11-12,15-17H2,1-3H3,(H,39,41)/t22-,32-;20-,23+,30+/m01/s1. The second-order valence-electron chi connectivity index (χ2n) is 25.9. The van der Waals surface area contributed by atoms with E-state index in [0.29, 0.717) is 107 Å². The Morgan fingerprint density at radius 1 is 0.651 bits per heavy atom. The van der Waals surface area contributed by atoms with Crippen LogP contribution in [0.15, 0.2) is 158 Å². The van der Waals surface area contributed by atoms with E-state index in [4.69, 9.17) is 57.1 Å². The highest BCUT2D eigenvalue weighted by Crippen LogP contribution is 2.42. The van der Waals surface area contributed by atoms with E-state index in [0.717, 1.165) is 29.5 Å². The van der Waals surface area contributed by atoms with E-state index in [-0.39, 0.29) is 87.0 Å². The predicted molar refractivity (Wildman–Crippen MR) is 391 cm³/mol. The third-order valence-electron chi connectivity index (χ3n) is 18.9. The van der Waals surface area contributed by atoms with Crippen molar-refractivity contribution in [2.45, 2.75) is 63.4 Å². The molecule has 3 N–H and O–H groups in total. The van der Waals surface area contributed by atoms with Gasteiger partial charge in [-0.1, -0.05) is 41.4 Å². The molecule has 14 rings (SSSR count). The zero-order chi connectivity index (χ0) is 75.0. The number of Topliss-reactive ketones (excluding diaryl/α,β-unsaturated/α-hetero) is 1. The first-order valence-corrected chi connectivity index (χ1v) is 36.6. The molecule has 0 unspecified atom stereocenters. The lowest BCUT2D eigenvalue weighted by atomic mass is 9.85. The molecule has 5 aromatic carbocycles. The maximum Gasteiger partial charge on any atom is 0.338 e. The Labute approximate surface area is 626 Å². The van der Waals surface area contributed by atoms with Crippen LogP contribution in [0.4, 0.5) is 38.0 Å². The summed E-state index contributed by atoms with van der Waals surface area (Å²) in [5.41, 5.74) is 2.88. The number of thiazole rings is 3. The van der Waals surface area contributed by atoms with Crippen LogP contribution in [0.2, 0.25) is 10.0 Å². The lowest BCUT2D eigenvalue weighted by Gasteiger charge is -2.38. The highest BCUT2D eigenvalue weighted by molar-refractivity contribution is 7.14. The number of ketones is 1. The second kappa shape index (κ2) is 31.1. The van der Waals surface area contributed by atoms with Gasteiger partial charge in [-0.25, -0.2) is 51.7 Å². The molecule has 4 amide bonds. The van der Waals surface area contributed by atoms with Gasteiger partial charge in [-0.15, -0.1) is 34.0 Å². The van der Waals surface area contributed by atoms with E-state index in [1.165, 1.54) is 128 Å². The van der Waals surface area contributed by atoms with E-state index in [1.54, 1.807) is 46.6 Å². The molecule has 0 spiro atoms. The van der Waals surface area contributed by atoms with Crippen molar-refractivity contribution in [3.05, 3.63) is 208 Å². The van der Waals surface area contributed by atoms with Gasteiger partial charge in [0.05, 0.1) is 60.8 Å². The summed E-state index contributed by atoms with van der Waals surface area (Å²) in [4.78, 5) is 111. The van der Waals surface area contributed by atoms with Crippen LogP contribution in [0.3, 0.4) is 0 Å². The normalized spacial score (nSPS) is 19.3. The summed E-state index contributed by atoms with van der Waals surface area (Å²) >= 11 is 17.1. The molecule has 3 aromatic heterocycles. The van der Waals surface area contributed by atoms with E-state index >= 15 is 4.39 Å². The number of esters is 2. The number of fused-ring (bicyclic) bond motifs is 2. The number of methoxy groups -OCH3 is 2. The number of rotatable bonds is 20. The van der Waals surface area contributed by atoms with Crippen LogP contribution in [0.5, 0.6) is 17.2 Å². The molecule has 6 aliphatic rings. The van der Waals surface area contributed by atoms with Crippen molar-refractivity contribution >= 4 is 115 Å². The number of nitrogens with one attached hydrogen (secondary N) is 2. The predicted octanol–water partition coefficient (Wildman–Crippen LogP) is 12.1. The number of ether oxygens (including phenoxy) is 4. The Kier molecular flexibility index (Phi) is 21.8. The third-order valence-corrected chi connectivity index (χ3v) is 21.9. The minimum atomic E-state index is -1.33. The summed E-state index contributed by atoms with van der Waals surface area (Å²) in [6, 6.07) is 20.2. The SMILES string of the molecule is COC(=O)C1=C(CN2CCN3C(=O)N(c4ccc(Oc5ccc(C(C)(C)C(=O)O)cc5F)cc4F)C[C@@H]3C2)NC(c2nccs2)=N[C@H]1c1ccc(F)cc1Cl.COC(=O)C1=C(CN2CCN3C(=O)N(c4nc(-c5ccc(O[C@H](C)C(C)=O)cc5)cs4)C[C@@H]3C2)NC(c2nccs2)=N[C@H]1c1ccc(F)cc1Cl. The van der Waals surface area contributed by atoms with Gasteiger partial charge in [0.1, 0.15) is 35.2 Å². The fourth-order valence-corrected chi connectivity index (χ4v) is 15.6. The van der Waals surface area contributed by atoms with Crippen LogP contribution in [0.1, 0.15) is 66.5 Å². The average molecular weight is 1550 g/mol. The first-order valence-electron chi connectivity index (χ1n) is 33.2. The number of nitrogens with zero attached hydrogens (tertiary/aromatic N) is 11. The fraction of sp³-hybridized carbons (Fsp3) is 0.301. The maximum atomic E-state index is 15.6. The number of amides is 4. The first-order chi connectivity index (χ1) is 50.8. The summed E-state index contributed by atoms with van der Waals surface area (Å²) < 4.78 is 80.3. The molecular weight excluding hydrogens is 1480 g/mol. The number of aromatic nitrogens is 3. The molecule has 8 aromatic rings. The quantitative estimate of drug-likeness (QED) is 0.0473. The molecule has 5 atom stereocenters. The van der Waals surface area contributed by atoms with Crippen molar-refractivity contribution in [2.24, 2.45) is 9.98 Å². The highest BCUT2D eigenvalue weighted by Gasteiger charge is 2.46. The molecule has 6 aliphatic heterocycles. The summed E-state index contributed by atoms with van der Waals surface area (Å²) in [7, 11) is 2.56. The number of hydrogen-bond donors (Lipinski definition) is 3. The molecule has 0 saturated carbocycles. The molecule has 4 fully saturated rings. The van der Waals surface area contributed by atoms with Gasteiger partial charge in [0, 0.05) is 132 Å². The van der Waals surface area contributed by atoms with Crippen LogP contribution >= 0.6 is 57.2 Å². The van der Waals surface area contributed by atoms with Crippen LogP contribution in [0.25, 0.3) is 11.3 Å². The average Bonchev–Trinajstić information content (AvgIpc) is 1.05. The third kappa shape index (κ3) is 15.4. The lowest BCUT2D eigenvalue weighted by molar-refractivity contribution is -0.142. The number of benzene rings is 5. The minimum absolute atomic E-state index is 0.0171. The van der Waals surface area contributed by atoms with Gasteiger partial charge in [-0.05, 0) is 106 Å². The number of piperazine rings is 2. The van der Waals surface area contributed by atoms with Gasteiger partial charge in [-0.3, -0.25) is 39.2 Å². The summed E-state index contributed by atoms with van der Waals surface area (Å²) in [6.45, 7) is 9.97. The monoisotopic (exact) mass is 1540 g/mol. The van der Waals surface area contributed by atoms with Crippen LogP contribution < -0.4 is 29.9 Å². The Hall–Kier alpha value is -10.2. The maximum absolute atomic E-state index is 15.6. The fourth-order valence-electron chi connectivity index (χ4n) is 13.1. The molecule has 550 valence electrons. The number of anilines is 2. The Morgan fingerprint density at radius 3 is 1.66 bits per heavy atom. The van der Waals surface area contributed by atoms with E-state index in [9.17, 15) is 47.0 Å². The second-order valence-corrected chi connectivity index (χ2v) is 29.4. The molecule has 24 nitrogen and oxygen atoms in total. The largest absolute Gasteiger partial charge is 0.483 e. The number of aliphatic carboxylic acids is 1. The van der Waals surface area contributed by atoms with E-state index in [2.05, 4.69) is 30.4 Å². The number of aliphatic imine (C=N–C) groups is 2. The van der Waals surface area contributed by atoms with Crippen LogP contribution in [-0.4, -0.2) is 185 Å². The lowest BCUT2D eigenvalue weighted by Crippen LogP contribution is -2.53. The van der Waals surface area contributed by atoms with Gasteiger partial charge in [0.25, 0.3) is 0 Å². The molecule has 106 heavy (non-hydrogen) atoms. The Morgan fingerprint density at radius 2 is 1.18 bits per heavy atom.